The summed E-state index contributed by atoms with van der Waals surface area (Å²) in [4.78, 5) is 18.2. The highest BCUT2D eigenvalue weighted by atomic mass is 19.1. The molecule has 0 fully saturated rings. The Labute approximate surface area is 135 Å². The van der Waals surface area contributed by atoms with E-state index in [1.807, 2.05) is 19.9 Å². The number of halogens is 1. The number of amides is 1. The van der Waals surface area contributed by atoms with Crippen LogP contribution in [-0.2, 0) is 4.74 Å². The fourth-order valence-corrected chi connectivity index (χ4v) is 2.09. The Morgan fingerprint density at radius 2 is 1.87 bits per heavy atom. The zero-order valence-electron chi connectivity index (χ0n) is 14.1. The lowest BCUT2D eigenvalue weighted by molar-refractivity contribution is 0.0598. The third kappa shape index (κ3) is 4.28. The zero-order chi connectivity index (χ0) is 17.2. The maximum atomic E-state index is 13.7. The number of ether oxygens (including phenoxy) is 1. The first-order valence-electron chi connectivity index (χ1n) is 7.39. The Morgan fingerprint density at radius 3 is 2.48 bits per heavy atom. The fourth-order valence-electron chi connectivity index (χ4n) is 2.09. The summed E-state index contributed by atoms with van der Waals surface area (Å²) >= 11 is 0. The van der Waals surface area contributed by atoms with E-state index in [2.05, 4.69) is 4.98 Å². The molecule has 4 nitrogen and oxygen atoms in total. The second-order valence-corrected chi connectivity index (χ2v) is 6.44. The number of carbonyl (C=O) groups excluding carboxylic acids is 1. The summed E-state index contributed by atoms with van der Waals surface area (Å²) in [7, 11) is 0. The standard InChI is InChI=1S/C18H21FN2O2/c1-12-8-9-20-16(10-12)21(17(22)23-18(3,4)5)15-11-14(19)7-6-13(15)2/h6-11H,1-5H3. The van der Waals surface area contributed by atoms with Gasteiger partial charge < -0.3 is 4.74 Å². The molecule has 0 unspecified atom stereocenters. The van der Waals surface area contributed by atoms with Crippen LogP contribution in [0.25, 0.3) is 0 Å². The Balaban J connectivity index is 2.55. The third-order valence-electron chi connectivity index (χ3n) is 3.12. The molecule has 1 aromatic heterocycles. The maximum Gasteiger partial charge on any atom is 0.420 e. The number of rotatable bonds is 2. The van der Waals surface area contributed by atoms with Gasteiger partial charge in [0.1, 0.15) is 17.2 Å². The summed E-state index contributed by atoms with van der Waals surface area (Å²) in [5.74, 6) is -0.0280. The van der Waals surface area contributed by atoms with Gasteiger partial charge in [0.05, 0.1) is 5.69 Å². The van der Waals surface area contributed by atoms with Crippen molar-refractivity contribution in [1.82, 2.24) is 4.98 Å². The zero-order valence-corrected chi connectivity index (χ0v) is 14.1. The Bertz CT molecular complexity index is 723. The van der Waals surface area contributed by atoms with Crippen LogP contribution in [0.4, 0.5) is 20.7 Å². The smallest absolute Gasteiger partial charge is 0.420 e. The molecule has 122 valence electrons. The van der Waals surface area contributed by atoms with Crippen molar-refractivity contribution in [2.24, 2.45) is 0 Å². The molecule has 5 heteroatoms. The molecule has 1 amide bonds. The molecule has 0 N–H and O–H groups in total. The van der Waals surface area contributed by atoms with E-state index < -0.39 is 17.5 Å². The number of anilines is 2. The van der Waals surface area contributed by atoms with E-state index in [1.165, 1.54) is 17.0 Å². The van der Waals surface area contributed by atoms with Crippen LogP contribution in [0.2, 0.25) is 0 Å². The largest absolute Gasteiger partial charge is 0.443 e. The third-order valence-corrected chi connectivity index (χ3v) is 3.12. The lowest BCUT2D eigenvalue weighted by Gasteiger charge is -2.28. The monoisotopic (exact) mass is 316 g/mol. The number of aryl methyl sites for hydroxylation is 2. The van der Waals surface area contributed by atoms with Crippen LogP contribution in [-0.4, -0.2) is 16.7 Å². The van der Waals surface area contributed by atoms with Gasteiger partial charge in [0.15, 0.2) is 0 Å². The van der Waals surface area contributed by atoms with E-state index in [0.717, 1.165) is 11.1 Å². The Kier molecular flexibility index (Phi) is 4.68. The number of carbonyl (C=O) groups is 1. The van der Waals surface area contributed by atoms with Gasteiger partial charge in [-0.15, -0.1) is 0 Å². The van der Waals surface area contributed by atoms with E-state index in [9.17, 15) is 9.18 Å². The predicted molar refractivity (Wildman–Crippen MR) is 88.5 cm³/mol. The quantitative estimate of drug-likeness (QED) is 0.790. The van der Waals surface area contributed by atoms with Crippen LogP contribution in [0, 0.1) is 19.7 Å². The molecule has 1 heterocycles. The van der Waals surface area contributed by atoms with Gasteiger partial charge in [0.25, 0.3) is 0 Å². The number of aromatic nitrogens is 1. The molecule has 0 saturated carbocycles. The number of benzene rings is 1. The summed E-state index contributed by atoms with van der Waals surface area (Å²) in [6, 6.07) is 7.88. The van der Waals surface area contributed by atoms with Gasteiger partial charge in [0.2, 0.25) is 0 Å². The molecule has 2 rings (SSSR count). The van der Waals surface area contributed by atoms with Gasteiger partial charge in [-0.3, -0.25) is 0 Å². The molecule has 0 bridgehead atoms. The summed E-state index contributed by atoms with van der Waals surface area (Å²) in [5.41, 5.74) is 1.44. The first kappa shape index (κ1) is 16.9. The minimum absolute atomic E-state index is 0.396. The summed E-state index contributed by atoms with van der Waals surface area (Å²) in [6.45, 7) is 9.06. The molecule has 23 heavy (non-hydrogen) atoms. The first-order chi connectivity index (χ1) is 10.7. The molecule has 0 spiro atoms. The molecule has 0 aliphatic rings. The van der Waals surface area contributed by atoms with Crippen molar-refractivity contribution in [3.8, 4) is 0 Å². The van der Waals surface area contributed by atoms with Gasteiger partial charge in [-0.25, -0.2) is 19.1 Å². The van der Waals surface area contributed by atoms with Crippen molar-refractivity contribution in [2.45, 2.75) is 40.2 Å². The van der Waals surface area contributed by atoms with Crippen molar-refractivity contribution in [2.75, 3.05) is 4.90 Å². The highest BCUT2D eigenvalue weighted by Crippen LogP contribution is 2.30. The number of hydrogen-bond donors (Lipinski definition) is 0. The van der Waals surface area contributed by atoms with E-state index in [1.54, 1.807) is 39.1 Å². The predicted octanol–water partition coefficient (Wildman–Crippen LogP) is 4.91. The summed E-state index contributed by atoms with van der Waals surface area (Å²) < 4.78 is 19.2. The lowest BCUT2D eigenvalue weighted by atomic mass is 10.1. The number of pyridine rings is 1. The molecular weight excluding hydrogens is 295 g/mol. The molecule has 0 atom stereocenters. The summed E-state index contributed by atoms with van der Waals surface area (Å²) in [5, 5.41) is 0. The fraction of sp³-hybridized carbons (Fsp3) is 0.333. The van der Waals surface area contributed by atoms with Crippen LogP contribution < -0.4 is 4.90 Å². The second kappa shape index (κ2) is 6.36. The average molecular weight is 316 g/mol. The van der Waals surface area contributed by atoms with Crippen molar-refractivity contribution >= 4 is 17.6 Å². The van der Waals surface area contributed by atoms with Crippen LogP contribution >= 0.6 is 0 Å². The molecule has 1 aromatic carbocycles. The van der Waals surface area contributed by atoms with E-state index in [4.69, 9.17) is 4.74 Å². The molecule has 0 radical (unpaired) electrons. The number of hydrogen-bond acceptors (Lipinski definition) is 3. The molecular formula is C18H21FN2O2. The van der Waals surface area contributed by atoms with Gasteiger partial charge in [-0.2, -0.15) is 0 Å². The van der Waals surface area contributed by atoms with Gasteiger partial charge in [-0.05, 0) is 70.0 Å². The van der Waals surface area contributed by atoms with Crippen LogP contribution in [0.5, 0.6) is 0 Å². The van der Waals surface area contributed by atoms with Crippen LogP contribution in [0.15, 0.2) is 36.5 Å². The van der Waals surface area contributed by atoms with Crippen molar-refractivity contribution in [1.29, 1.82) is 0 Å². The minimum atomic E-state index is -0.666. The van der Waals surface area contributed by atoms with Crippen molar-refractivity contribution in [3.05, 3.63) is 53.5 Å². The number of nitrogens with zero attached hydrogens (tertiary/aromatic N) is 2. The molecule has 2 aromatic rings. The van der Waals surface area contributed by atoms with E-state index >= 15 is 0 Å². The highest BCUT2D eigenvalue weighted by molar-refractivity contribution is 5.96. The van der Waals surface area contributed by atoms with Gasteiger partial charge in [0, 0.05) is 6.20 Å². The van der Waals surface area contributed by atoms with Crippen LogP contribution in [0.3, 0.4) is 0 Å². The first-order valence-corrected chi connectivity index (χ1v) is 7.39. The molecule has 0 aliphatic carbocycles. The second-order valence-electron chi connectivity index (χ2n) is 6.44. The maximum absolute atomic E-state index is 13.7. The lowest BCUT2D eigenvalue weighted by Crippen LogP contribution is -2.34. The molecule has 0 aliphatic heterocycles. The average Bonchev–Trinajstić information content (AvgIpc) is 2.41. The van der Waals surface area contributed by atoms with E-state index in [-0.39, 0.29) is 0 Å². The highest BCUT2D eigenvalue weighted by Gasteiger charge is 2.27. The topological polar surface area (TPSA) is 42.4 Å². The van der Waals surface area contributed by atoms with Crippen molar-refractivity contribution < 1.29 is 13.9 Å². The minimum Gasteiger partial charge on any atom is -0.443 e. The normalized spacial score (nSPS) is 11.2. The Hall–Kier alpha value is -2.43. The molecule has 0 saturated heterocycles. The Morgan fingerprint density at radius 1 is 1.17 bits per heavy atom. The summed E-state index contributed by atoms with van der Waals surface area (Å²) in [6.07, 6.45) is 1.01. The van der Waals surface area contributed by atoms with Crippen molar-refractivity contribution in [3.63, 3.8) is 0 Å². The van der Waals surface area contributed by atoms with Gasteiger partial charge >= 0.3 is 6.09 Å². The van der Waals surface area contributed by atoms with E-state index in [0.29, 0.717) is 11.5 Å². The van der Waals surface area contributed by atoms with Gasteiger partial charge in [-0.1, -0.05) is 6.07 Å². The van der Waals surface area contributed by atoms with Crippen LogP contribution in [0.1, 0.15) is 31.9 Å². The SMILES string of the molecule is Cc1ccnc(N(C(=O)OC(C)(C)C)c2cc(F)ccc2C)c1.